The fraction of sp³-hybridized carbons (Fsp3) is 0. The normalized spacial score (nSPS) is 11.2. The Labute approximate surface area is 132 Å². The molecule has 0 amide bonds. The highest BCUT2D eigenvalue weighted by Crippen LogP contribution is 2.14. The van der Waals surface area contributed by atoms with Crippen molar-refractivity contribution in [2.24, 2.45) is 0 Å². The summed E-state index contributed by atoms with van der Waals surface area (Å²) in [6, 6.07) is 17.5. The van der Waals surface area contributed by atoms with Gasteiger partial charge in [-0.25, -0.2) is 4.68 Å². The highest BCUT2D eigenvalue weighted by atomic mass is 16.1. The van der Waals surface area contributed by atoms with Gasteiger partial charge in [-0.3, -0.25) is 9.59 Å². The van der Waals surface area contributed by atoms with Crippen molar-refractivity contribution in [2.45, 2.75) is 0 Å². The van der Waals surface area contributed by atoms with Crippen molar-refractivity contribution < 1.29 is 9.59 Å². The molecule has 0 atom stereocenters. The molecule has 0 saturated carbocycles. The van der Waals surface area contributed by atoms with Crippen LogP contribution < -0.4 is 0 Å². The average molecular weight is 303 g/mol. The van der Waals surface area contributed by atoms with Crippen LogP contribution in [0.3, 0.4) is 0 Å². The number of ketones is 2. The fourth-order valence-corrected chi connectivity index (χ4v) is 2.12. The number of hydrogen-bond donors (Lipinski definition) is 0. The summed E-state index contributed by atoms with van der Waals surface area (Å²) in [5.74, 6) is -0.555. The number of nitrogens with zero attached hydrogens (tertiary/aromatic N) is 3. The van der Waals surface area contributed by atoms with Crippen molar-refractivity contribution in [2.75, 3.05) is 0 Å². The van der Waals surface area contributed by atoms with Crippen LogP contribution in [0.4, 0.5) is 0 Å². The Morgan fingerprint density at radius 3 is 2.04 bits per heavy atom. The molecule has 0 N–H and O–H groups in total. The first-order valence-corrected chi connectivity index (χ1v) is 7.03. The van der Waals surface area contributed by atoms with Crippen LogP contribution >= 0.6 is 0 Å². The van der Waals surface area contributed by atoms with E-state index in [4.69, 9.17) is 0 Å². The molecule has 0 unspecified atom stereocenters. The van der Waals surface area contributed by atoms with Crippen molar-refractivity contribution >= 4 is 17.3 Å². The first-order valence-electron chi connectivity index (χ1n) is 7.03. The lowest BCUT2D eigenvalue weighted by molar-refractivity contribution is 0.102. The predicted molar refractivity (Wildman–Crippen MR) is 85.8 cm³/mol. The minimum absolute atomic E-state index is 0.155. The SMILES string of the molecule is O=C(/C=C(\C(=O)c1ccccc1)n1ccnn1)c1ccccc1. The van der Waals surface area contributed by atoms with Crippen LogP contribution in [0, 0.1) is 0 Å². The Morgan fingerprint density at radius 2 is 1.48 bits per heavy atom. The van der Waals surface area contributed by atoms with Gasteiger partial charge in [0.15, 0.2) is 5.78 Å². The van der Waals surface area contributed by atoms with Gasteiger partial charge in [-0.15, -0.1) is 5.10 Å². The molecule has 0 radical (unpaired) electrons. The van der Waals surface area contributed by atoms with Gasteiger partial charge in [0.1, 0.15) is 5.70 Å². The van der Waals surface area contributed by atoms with Crippen molar-refractivity contribution in [3.8, 4) is 0 Å². The highest BCUT2D eigenvalue weighted by molar-refractivity contribution is 6.28. The lowest BCUT2D eigenvalue weighted by Crippen LogP contribution is -2.12. The van der Waals surface area contributed by atoms with E-state index >= 15 is 0 Å². The lowest BCUT2D eigenvalue weighted by Gasteiger charge is -2.06. The van der Waals surface area contributed by atoms with E-state index in [1.807, 2.05) is 12.1 Å². The number of carbonyl (C=O) groups is 2. The number of Topliss-reactive ketones (excluding diaryl/α,β-unsaturated/α-hetero) is 1. The van der Waals surface area contributed by atoms with Gasteiger partial charge in [0.05, 0.1) is 12.4 Å². The van der Waals surface area contributed by atoms with E-state index in [0.29, 0.717) is 11.1 Å². The van der Waals surface area contributed by atoms with Crippen LogP contribution in [0.2, 0.25) is 0 Å². The van der Waals surface area contributed by atoms with E-state index in [1.165, 1.54) is 23.2 Å². The molecular formula is C18H13N3O2. The highest BCUT2D eigenvalue weighted by Gasteiger charge is 2.17. The molecule has 5 nitrogen and oxygen atoms in total. The Bertz CT molecular complexity index is 838. The quantitative estimate of drug-likeness (QED) is 0.537. The van der Waals surface area contributed by atoms with Crippen LogP contribution in [0.25, 0.3) is 5.70 Å². The van der Waals surface area contributed by atoms with Gasteiger partial charge in [-0.05, 0) is 0 Å². The number of benzene rings is 2. The molecule has 112 valence electrons. The molecule has 0 bridgehead atoms. The second kappa shape index (κ2) is 6.62. The molecular weight excluding hydrogens is 290 g/mol. The molecule has 0 aliphatic heterocycles. The van der Waals surface area contributed by atoms with E-state index in [-0.39, 0.29) is 17.3 Å². The van der Waals surface area contributed by atoms with Crippen LogP contribution in [0.1, 0.15) is 20.7 Å². The minimum Gasteiger partial charge on any atom is -0.289 e. The molecule has 3 aromatic rings. The Kier molecular flexibility index (Phi) is 4.20. The third-order valence-corrected chi connectivity index (χ3v) is 3.26. The third-order valence-electron chi connectivity index (χ3n) is 3.26. The number of hydrogen-bond acceptors (Lipinski definition) is 4. The smallest absolute Gasteiger partial charge is 0.211 e. The Hall–Kier alpha value is -3.34. The van der Waals surface area contributed by atoms with E-state index < -0.39 is 0 Å². The van der Waals surface area contributed by atoms with Gasteiger partial charge in [0.25, 0.3) is 0 Å². The molecule has 0 aliphatic carbocycles. The van der Waals surface area contributed by atoms with Crippen molar-refractivity contribution in [1.82, 2.24) is 15.0 Å². The molecule has 0 fully saturated rings. The maximum absolute atomic E-state index is 12.7. The summed E-state index contributed by atoms with van der Waals surface area (Å²) in [5, 5.41) is 7.54. The van der Waals surface area contributed by atoms with Crippen LogP contribution in [0.15, 0.2) is 79.1 Å². The van der Waals surface area contributed by atoms with E-state index in [0.717, 1.165) is 0 Å². The topological polar surface area (TPSA) is 64.8 Å². The predicted octanol–water partition coefficient (Wildman–Crippen LogP) is 2.88. The van der Waals surface area contributed by atoms with Crippen molar-refractivity contribution in [1.29, 1.82) is 0 Å². The molecule has 0 aliphatic rings. The number of allylic oxidation sites excluding steroid dienone is 2. The van der Waals surface area contributed by atoms with E-state index in [9.17, 15) is 9.59 Å². The first-order chi connectivity index (χ1) is 11.3. The van der Waals surface area contributed by atoms with Crippen LogP contribution in [-0.4, -0.2) is 26.6 Å². The fourth-order valence-electron chi connectivity index (χ4n) is 2.12. The van der Waals surface area contributed by atoms with Crippen molar-refractivity contribution in [3.05, 3.63) is 90.3 Å². The zero-order chi connectivity index (χ0) is 16.1. The van der Waals surface area contributed by atoms with Gasteiger partial charge in [-0.2, -0.15) is 0 Å². The standard InChI is InChI=1S/C18H13N3O2/c22-17(14-7-3-1-4-8-14)13-16(21-12-11-19-20-21)18(23)15-9-5-2-6-10-15/h1-13H/b16-13+. The molecule has 23 heavy (non-hydrogen) atoms. The van der Waals surface area contributed by atoms with Crippen LogP contribution in [-0.2, 0) is 0 Å². The van der Waals surface area contributed by atoms with Gasteiger partial charge in [0, 0.05) is 17.2 Å². The molecule has 2 aromatic carbocycles. The second-order valence-corrected chi connectivity index (χ2v) is 4.80. The molecule has 3 rings (SSSR count). The Balaban J connectivity index is 2.02. The zero-order valence-electron chi connectivity index (χ0n) is 12.2. The van der Waals surface area contributed by atoms with Gasteiger partial charge >= 0.3 is 0 Å². The molecule has 0 saturated heterocycles. The molecule has 1 aromatic heterocycles. The Morgan fingerprint density at radius 1 is 0.870 bits per heavy atom. The van der Waals surface area contributed by atoms with Crippen LogP contribution in [0.5, 0.6) is 0 Å². The summed E-state index contributed by atoms with van der Waals surface area (Å²) in [7, 11) is 0. The zero-order valence-corrected chi connectivity index (χ0v) is 12.2. The summed E-state index contributed by atoms with van der Waals surface area (Å²) in [6.45, 7) is 0. The number of aromatic nitrogens is 3. The average Bonchev–Trinajstić information content (AvgIpc) is 3.15. The minimum atomic E-state index is -0.291. The molecule has 0 spiro atoms. The number of carbonyl (C=O) groups excluding carboxylic acids is 2. The first kappa shape index (κ1) is 14.6. The van der Waals surface area contributed by atoms with E-state index in [2.05, 4.69) is 10.3 Å². The largest absolute Gasteiger partial charge is 0.289 e. The summed E-state index contributed by atoms with van der Waals surface area (Å²) in [6.07, 6.45) is 4.28. The number of rotatable bonds is 5. The summed E-state index contributed by atoms with van der Waals surface area (Å²) in [4.78, 5) is 25.1. The summed E-state index contributed by atoms with van der Waals surface area (Å²) < 4.78 is 1.30. The maximum atomic E-state index is 12.7. The van der Waals surface area contributed by atoms with E-state index in [1.54, 1.807) is 48.5 Å². The van der Waals surface area contributed by atoms with Gasteiger partial charge in [0.2, 0.25) is 5.78 Å². The molecule has 1 heterocycles. The second-order valence-electron chi connectivity index (χ2n) is 4.80. The third kappa shape index (κ3) is 3.29. The maximum Gasteiger partial charge on any atom is 0.211 e. The lowest BCUT2D eigenvalue weighted by atomic mass is 10.0. The summed E-state index contributed by atoms with van der Waals surface area (Å²) in [5.41, 5.74) is 1.14. The van der Waals surface area contributed by atoms with Gasteiger partial charge < -0.3 is 0 Å². The molecule has 5 heteroatoms. The monoisotopic (exact) mass is 303 g/mol. The van der Waals surface area contributed by atoms with Gasteiger partial charge in [-0.1, -0.05) is 65.9 Å². The van der Waals surface area contributed by atoms with Crippen molar-refractivity contribution in [3.63, 3.8) is 0 Å². The summed E-state index contributed by atoms with van der Waals surface area (Å²) >= 11 is 0.